The van der Waals surface area contributed by atoms with Gasteiger partial charge in [0.1, 0.15) is 36.9 Å². The number of rotatable bonds is 8. The van der Waals surface area contributed by atoms with Crippen LogP contribution in [0.2, 0.25) is 0 Å². The van der Waals surface area contributed by atoms with E-state index in [-0.39, 0.29) is 17.6 Å². The SMILES string of the molecule is c1cc2cc(OCC3CO3)c(C34CC5CC(CC(C5)C3)C4)c(OCC3CO3)c2cc1C12CC3CC(CC(C3)C1)C2. The molecular formula is C36H44O4. The second-order valence-corrected chi connectivity index (χ2v) is 15.9. The first-order valence-electron chi connectivity index (χ1n) is 16.7. The van der Waals surface area contributed by atoms with Gasteiger partial charge in [-0.1, -0.05) is 12.1 Å². The molecule has 8 aliphatic carbocycles. The number of fused-ring (bicyclic) bond motifs is 1. The van der Waals surface area contributed by atoms with Gasteiger partial charge in [0.25, 0.3) is 0 Å². The summed E-state index contributed by atoms with van der Waals surface area (Å²) in [5.74, 6) is 7.71. The minimum Gasteiger partial charge on any atom is -0.490 e. The minimum atomic E-state index is 0.194. The average molecular weight is 541 g/mol. The highest BCUT2D eigenvalue weighted by Gasteiger charge is 2.55. The molecule has 2 atom stereocenters. The van der Waals surface area contributed by atoms with Crippen LogP contribution < -0.4 is 9.47 Å². The van der Waals surface area contributed by atoms with E-state index in [4.69, 9.17) is 18.9 Å². The van der Waals surface area contributed by atoms with Gasteiger partial charge in [-0.3, -0.25) is 0 Å². The van der Waals surface area contributed by atoms with Gasteiger partial charge in [0.15, 0.2) is 0 Å². The fourth-order valence-electron chi connectivity index (χ4n) is 12.0. The molecule has 0 radical (unpaired) electrons. The molecule has 2 saturated heterocycles. The molecule has 10 fully saturated rings. The Hall–Kier alpha value is -1.78. The zero-order valence-electron chi connectivity index (χ0n) is 23.9. The fourth-order valence-corrected chi connectivity index (χ4v) is 12.0. The minimum absolute atomic E-state index is 0.194. The van der Waals surface area contributed by atoms with Crippen LogP contribution in [0.3, 0.4) is 0 Å². The smallest absolute Gasteiger partial charge is 0.134 e. The quantitative estimate of drug-likeness (QED) is 0.329. The number of epoxide rings is 2. The first kappa shape index (κ1) is 23.7. The molecule has 2 aromatic carbocycles. The maximum atomic E-state index is 6.96. The van der Waals surface area contributed by atoms with Crippen molar-refractivity contribution < 1.29 is 18.9 Å². The molecule has 4 heteroatoms. The largest absolute Gasteiger partial charge is 0.490 e. The molecular weight excluding hydrogens is 496 g/mol. The summed E-state index contributed by atoms with van der Waals surface area (Å²) < 4.78 is 24.9. The summed E-state index contributed by atoms with van der Waals surface area (Å²) in [5.41, 5.74) is 3.60. The first-order chi connectivity index (χ1) is 19.6. The lowest BCUT2D eigenvalue weighted by molar-refractivity contribution is -0.00765. The van der Waals surface area contributed by atoms with Crippen LogP contribution in [0.25, 0.3) is 10.8 Å². The molecule has 8 saturated carbocycles. The Labute approximate surface area is 238 Å². The molecule has 0 N–H and O–H groups in total. The highest BCUT2D eigenvalue weighted by atomic mass is 16.6. The van der Waals surface area contributed by atoms with Crippen molar-refractivity contribution in [1.29, 1.82) is 0 Å². The zero-order chi connectivity index (χ0) is 26.1. The molecule has 0 aromatic heterocycles. The third-order valence-corrected chi connectivity index (χ3v) is 12.9. The lowest BCUT2D eigenvalue weighted by Gasteiger charge is -2.57. The molecule has 0 amide bonds. The summed E-state index contributed by atoms with van der Waals surface area (Å²) in [6.07, 6.45) is 17.5. The standard InChI is InChI=1S/C36H44O4/c1-2-28(35-11-21-3-22(12-35)5-23(4-21)13-35)10-31-27(1)9-32(39-19-29-17-37-29)33(34(31)40-20-30-18-38-30)36-14-24-6-25(15-36)8-26(7-24)16-36/h1-2,9-10,21-26,29-30H,3-8,11-20H2. The number of hydrogen-bond acceptors (Lipinski definition) is 4. The summed E-state index contributed by atoms with van der Waals surface area (Å²) in [6.45, 7) is 2.97. The lowest BCUT2D eigenvalue weighted by atomic mass is 9.47. The predicted octanol–water partition coefficient (Wildman–Crippen LogP) is 7.33. The third kappa shape index (κ3) is 3.77. The van der Waals surface area contributed by atoms with E-state index in [0.717, 1.165) is 60.2 Å². The van der Waals surface area contributed by atoms with E-state index in [2.05, 4.69) is 24.3 Å². The van der Waals surface area contributed by atoms with Crippen LogP contribution in [0.4, 0.5) is 0 Å². The van der Waals surface area contributed by atoms with Crippen LogP contribution in [-0.2, 0) is 20.3 Å². The van der Waals surface area contributed by atoms with Crippen molar-refractivity contribution in [2.24, 2.45) is 35.5 Å². The first-order valence-corrected chi connectivity index (χ1v) is 16.7. The Balaban J connectivity index is 1.15. The van der Waals surface area contributed by atoms with Gasteiger partial charge in [-0.2, -0.15) is 0 Å². The Kier molecular flexibility index (Phi) is 4.99. The second-order valence-electron chi connectivity index (χ2n) is 15.9. The molecule has 2 unspecified atom stereocenters. The normalized spacial score (nSPS) is 45.3. The van der Waals surface area contributed by atoms with Gasteiger partial charge < -0.3 is 18.9 Å². The monoisotopic (exact) mass is 540 g/mol. The predicted molar refractivity (Wildman–Crippen MR) is 154 cm³/mol. The Morgan fingerprint density at radius 2 is 1.12 bits per heavy atom. The van der Waals surface area contributed by atoms with Gasteiger partial charge in [0.05, 0.1) is 13.2 Å². The average Bonchev–Trinajstić information content (AvgIpc) is 3.84. The van der Waals surface area contributed by atoms with E-state index < -0.39 is 0 Å². The van der Waals surface area contributed by atoms with E-state index in [1.807, 2.05) is 0 Å². The molecule has 2 aromatic rings. The van der Waals surface area contributed by atoms with Gasteiger partial charge in [-0.25, -0.2) is 0 Å². The van der Waals surface area contributed by atoms with Crippen LogP contribution in [0.5, 0.6) is 11.5 Å². The van der Waals surface area contributed by atoms with Crippen LogP contribution >= 0.6 is 0 Å². The van der Waals surface area contributed by atoms with Crippen LogP contribution in [0.1, 0.15) is 88.2 Å². The van der Waals surface area contributed by atoms with Gasteiger partial charge >= 0.3 is 0 Å². The van der Waals surface area contributed by atoms with Crippen LogP contribution in [-0.4, -0.2) is 38.6 Å². The van der Waals surface area contributed by atoms with Crippen molar-refractivity contribution >= 4 is 10.8 Å². The summed E-state index contributed by atoms with van der Waals surface area (Å²) in [4.78, 5) is 0. The molecule has 8 bridgehead atoms. The van der Waals surface area contributed by atoms with Crippen molar-refractivity contribution in [2.45, 2.75) is 100 Å². The number of hydrogen-bond donors (Lipinski definition) is 0. The third-order valence-electron chi connectivity index (χ3n) is 12.9. The van der Waals surface area contributed by atoms with Crippen LogP contribution in [0, 0.1) is 35.5 Å². The van der Waals surface area contributed by atoms with E-state index in [1.54, 1.807) is 5.56 Å². The van der Waals surface area contributed by atoms with Crippen molar-refractivity contribution in [2.75, 3.05) is 26.4 Å². The van der Waals surface area contributed by atoms with Gasteiger partial charge in [0, 0.05) is 16.4 Å². The molecule has 40 heavy (non-hydrogen) atoms. The van der Waals surface area contributed by atoms with Gasteiger partial charge in [0.2, 0.25) is 0 Å². The van der Waals surface area contributed by atoms with Crippen molar-refractivity contribution in [1.82, 2.24) is 0 Å². The molecule has 0 spiro atoms. The topological polar surface area (TPSA) is 43.5 Å². The molecule has 212 valence electrons. The van der Waals surface area contributed by atoms with E-state index in [9.17, 15) is 0 Å². The van der Waals surface area contributed by atoms with Gasteiger partial charge in [-0.05, 0) is 141 Å². The number of ether oxygens (including phenoxy) is 4. The Morgan fingerprint density at radius 3 is 1.65 bits per heavy atom. The summed E-state index contributed by atoms with van der Waals surface area (Å²) in [5, 5.41) is 2.62. The van der Waals surface area contributed by atoms with E-state index in [1.165, 1.54) is 93.4 Å². The maximum absolute atomic E-state index is 6.96. The molecule has 2 heterocycles. The molecule has 2 aliphatic heterocycles. The lowest BCUT2D eigenvalue weighted by Crippen LogP contribution is -2.49. The summed E-state index contributed by atoms with van der Waals surface area (Å²) in [6, 6.07) is 9.88. The highest BCUT2D eigenvalue weighted by molar-refractivity contribution is 5.93. The van der Waals surface area contributed by atoms with E-state index in [0.29, 0.717) is 18.6 Å². The number of benzene rings is 2. The summed E-state index contributed by atoms with van der Waals surface area (Å²) >= 11 is 0. The zero-order valence-corrected chi connectivity index (χ0v) is 23.9. The Morgan fingerprint density at radius 1 is 0.625 bits per heavy atom. The molecule has 4 nitrogen and oxygen atoms in total. The van der Waals surface area contributed by atoms with E-state index >= 15 is 0 Å². The van der Waals surface area contributed by atoms with Crippen molar-refractivity contribution in [3.05, 3.63) is 35.4 Å². The highest BCUT2D eigenvalue weighted by Crippen LogP contribution is 2.65. The van der Waals surface area contributed by atoms with Gasteiger partial charge in [-0.15, -0.1) is 0 Å². The second kappa shape index (κ2) is 8.40. The van der Waals surface area contributed by atoms with Crippen molar-refractivity contribution in [3.8, 4) is 11.5 Å². The maximum Gasteiger partial charge on any atom is 0.134 e. The Bertz CT molecular complexity index is 1280. The molecule has 10 aliphatic rings. The fraction of sp³-hybridized carbons (Fsp3) is 0.722. The van der Waals surface area contributed by atoms with Crippen molar-refractivity contribution in [3.63, 3.8) is 0 Å². The van der Waals surface area contributed by atoms with Crippen LogP contribution in [0.15, 0.2) is 24.3 Å². The summed E-state index contributed by atoms with van der Waals surface area (Å²) in [7, 11) is 0. The molecule has 12 rings (SSSR count).